The molecule has 190 valence electrons. The van der Waals surface area contributed by atoms with Gasteiger partial charge in [0.15, 0.2) is 0 Å². The Kier molecular flexibility index (Phi) is 8.16. The van der Waals surface area contributed by atoms with Crippen molar-refractivity contribution >= 4 is 38.9 Å². The molecule has 0 spiro atoms. The molecule has 1 amide bonds. The number of nitrogens with one attached hydrogen (secondary N) is 1. The highest BCUT2D eigenvalue weighted by molar-refractivity contribution is 7.92. The summed E-state index contributed by atoms with van der Waals surface area (Å²) in [5, 5.41) is 3.15. The van der Waals surface area contributed by atoms with Crippen LogP contribution in [0.15, 0.2) is 102 Å². The second-order valence-electron chi connectivity index (χ2n) is 8.60. The van der Waals surface area contributed by atoms with Crippen LogP contribution in [0.2, 0.25) is 5.02 Å². The lowest BCUT2D eigenvalue weighted by atomic mass is 10.2. The van der Waals surface area contributed by atoms with Crippen LogP contribution < -0.4 is 14.4 Å². The largest absolute Gasteiger partial charge is 0.489 e. The Hall–Kier alpha value is -3.81. The Bertz CT molecular complexity index is 1470. The zero-order chi connectivity index (χ0) is 26.4. The van der Waals surface area contributed by atoms with Crippen LogP contribution in [0.1, 0.15) is 16.7 Å². The molecule has 0 aromatic heterocycles. The number of carbonyl (C=O) groups is 1. The average molecular weight is 535 g/mol. The molecule has 0 aliphatic heterocycles. The Labute approximate surface area is 222 Å². The number of amides is 1. The van der Waals surface area contributed by atoms with Crippen LogP contribution in [0.5, 0.6) is 5.75 Å². The molecule has 0 fully saturated rings. The molecule has 0 unspecified atom stereocenters. The quantitative estimate of drug-likeness (QED) is 0.271. The molecule has 37 heavy (non-hydrogen) atoms. The number of benzene rings is 4. The van der Waals surface area contributed by atoms with Gasteiger partial charge in [0.1, 0.15) is 18.9 Å². The molecular formula is C29H27ClN2O4S. The molecule has 4 rings (SSSR count). The molecule has 0 saturated carbocycles. The summed E-state index contributed by atoms with van der Waals surface area (Å²) in [7, 11) is -4.04. The van der Waals surface area contributed by atoms with E-state index in [0.29, 0.717) is 34.3 Å². The highest BCUT2D eigenvalue weighted by atomic mass is 35.5. The number of sulfonamides is 1. The Balaban J connectivity index is 1.52. The maximum absolute atomic E-state index is 13.6. The molecule has 0 radical (unpaired) electrons. The Morgan fingerprint density at radius 3 is 2.24 bits per heavy atom. The smallest absolute Gasteiger partial charge is 0.264 e. The second-order valence-corrected chi connectivity index (χ2v) is 10.9. The van der Waals surface area contributed by atoms with Crippen molar-refractivity contribution in [1.29, 1.82) is 0 Å². The van der Waals surface area contributed by atoms with E-state index in [1.807, 2.05) is 37.3 Å². The summed E-state index contributed by atoms with van der Waals surface area (Å²) in [4.78, 5) is 13.1. The van der Waals surface area contributed by atoms with Gasteiger partial charge in [0.25, 0.3) is 10.0 Å². The summed E-state index contributed by atoms with van der Waals surface area (Å²) >= 11 is 6.19. The number of hydrogen-bond acceptors (Lipinski definition) is 4. The summed E-state index contributed by atoms with van der Waals surface area (Å²) in [5.41, 5.74) is 3.51. The van der Waals surface area contributed by atoms with Crippen LogP contribution in [0.4, 0.5) is 11.4 Å². The summed E-state index contributed by atoms with van der Waals surface area (Å²) < 4.78 is 34.1. The van der Waals surface area contributed by atoms with E-state index in [9.17, 15) is 13.2 Å². The Morgan fingerprint density at radius 1 is 0.892 bits per heavy atom. The van der Waals surface area contributed by atoms with Gasteiger partial charge in [-0.25, -0.2) is 8.42 Å². The topological polar surface area (TPSA) is 75.7 Å². The maximum Gasteiger partial charge on any atom is 0.264 e. The normalized spacial score (nSPS) is 11.1. The van der Waals surface area contributed by atoms with Crippen molar-refractivity contribution in [2.24, 2.45) is 0 Å². The van der Waals surface area contributed by atoms with E-state index in [4.69, 9.17) is 16.3 Å². The number of carbonyl (C=O) groups excluding carboxylic acids is 1. The first-order valence-electron chi connectivity index (χ1n) is 11.6. The van der Waals surface area contributed by atoms with Gasteiger partial charge in [-0.2, -0.15) is 0 Å². The molecule has 6 nitrogen and oxygen atoms in total. The number of halogens is 1. The summed E-state index contributed by atoms with van der Waals surface area (Å²) in [5.74, 6) is 0.160. The minimum absolute atomic E-state index is 0.0881. The highest BCUT2D eigenvalue weighted by Gasteiger charge is 2.28. The van der Waals surface area contributed by atoms with E-state index in [2.05, 4.69) is 5.32 Å². The standard InChI is InChI=1S/C29H27ClN2O4S/c1-21-8-16-27(17-9-21)37(34,35)32(28-18-24(30)11-10-22(28)2)19-29(33)31-25-12-14-26(15-13-25)36-20-23-6-4-3-5-7-23/h3-18H,19-20H2,1-2H3,(H,31,33). The number of hydrogen-bond donors (Lipinski definition) is 1. The molecular weight excluding hydrogens is 508 g/mol. The molecule has 8 heteroatoms. The molecule has 0 saturated heterocycles. The molecule has 0 aliphatic carbocycles. The van der Waals surface area contributed by atoms with Gasteiger partial charge >= 0.3 is 0 Å². The van der Waals surface area contributed by atoms with Crippen molar-refractivity contribution in [2.45, 2.75) is 25.3 Å². The zero-order valence-corrected chi connectivity index (χ0v) is 22.1. The van der Waals surface area contributed by atoms with Gasteiger partial charge in [0, 0.05) is 10.7 Å². The fraction of sp³-hybridized carbons (Fsp3) is 0.138. The minimum Gasteiger partial charge on any atom is -0.489 e. The third kappa shape index (κ3) is 6.70. The van der Waals surface area contributed by atoms with Gasteiger partial charge in [0.05, 0.1) is 10.6 Å². The van der Waals surface area contributed by atoms with Gasteiger partial charge in [-0.1, -0.05) is 65.7 Å². The van der Waals surface area contributed by atoms with Crippen molar-refractivity contribution < 1.29 is 17.9 Å². The predicted octanol–water partition coefficient (Wildman–Crippen LogP) is 6.37. The van der Waals surface area contributed by atoms with Gasteiger partial charge < -0.3 is 10.1 Å². The predicted molar refractivity (Wildman–Crippen MR) is 148 cm³/mol. The van der Waals surface area contributed by atoms with Crippen molar-refractivity contribution in [1.82, 2.24) is 0 Å². The molecule has 4 aromatic carbocycles. The van der Waals surface area contributed by atoms with E-state index in [1.165, 1.54) is 12.1 Å². The lowest BCUT2D eigenvalue weighted by Gasteiger charge is -2.26. The van der Waals surface area contributed by atoms with E-state index in [-0.39, 0.29) is 4.90 Å². The van der Waals surface area contributed by atoms with E-state index >= 15 is 0 Å². The van der Waals surface area contributed by atoms with Crippen LogP contribution in [0.25, 0.3) is 0 Å². The molecule has 0 atom stereocenters. The lowest BCUT2D eigenvalue weighted by molar-refractivity contribution is -0.114. The van der Waals surface area contributed by atoms with E-state index < -0.39 is 22.5 Å². The fourth-order valence-corrected chi connectivity index (χ4v) is 5.34. The van der Waals surface area contributed by atoms with Gasteiger partial charge in [-0.05, 0) is 73.5 Å². The first-order chi connectivity index (χ1) is 17.7. The highest BCUT2D eigenvalue weighted by Crippen LogP contribution is 2.30. The average Bonchev–Trinajstić information content (AvgIpc) is 2.89. The zero-order valence-electron chi connectivity index (χ0n) is 20.5. The summed E-state index contributed by atoms with van der Waals surface area (Å²) in [6, 6.07) is 28.2. The monoisotopic (exact) mass is 534 g/mol. The van der Waals surface area contributed by atoms with Gasteiger partial charge in [-0.15, -0.1) is 0 Å². The third-order valence-corrected chi connectivity index (χ3v) is 7.73. The van der Waals surface area contributed by atoms with Crippen LogP contribution in [0.3, 0.4) is 0 Å². The van der Waals surface area contributed by atoms with Crippen molar-refractivity contribution in [3.63, 3.8) is 0 Å². The maximum atomic E-state index is 13.6. The van der Waals surface area contributed by atoms with Crippen LogP contribution in [0, 0.1) is 13.8 Å². The van der Waals surface area contributed by atoms with Gasteiger partial charge in [-0.3, -0.25) is 9.10 Å². The van der Waals surface area contributed by atoms with Crippen molar-refractivity contribution in [3.05, 3.63) is 119 Å². The van der Waals surface area contributed by atoms with Crippen molar-refractivity contribution in [2.75, 3.05) is 16.2 Å². The van der Waals surface area contributed by atoms with Gasteiger partial charge in [0.2, 0.25) is 5.91 Å². The fourth-order valence-electron chi connectivity index (χ4n) is 3.69. The van der Waals surface area contributed by atoms with Crippen LogP contribution in [-0.2, 0) is 21.4 Å². The minimum atomic E-state index is -4.04. The number of ether oxygens (including phenoxy) is 1. The van der Waals surface area contributed by atoms with Crippen LogP contribution in [-0.4, -0.2) is 20.9 Å². The molecule has 1 N–H and O–H groups in total. The Morgan fingerprint density at radius 2 is 1.57 bits per heavy atom. The number of nitrogens with zero attached hydrogens (tertiary/aromatic N) is 1. The molecule has 4 aromatic rings. The number of anilines is 2. The first kappa shape index (κ1) is 26.3. The van der Waals surface area contributed by atoms with E-state index in [0.717, 1.165) is 15.4 Å². The first-order valence-corrected chi connectivity index (χ1v) is 13.5. The third-order valence-electron chi connectivity index (χ3n) is 5.72. The van der Waals surface area contributed by atoms with Crippen molar-refractivity contribution in [3.8, 4) is 5.75 Å². The summed E-state index contributed by atoms with van der Waals surface area (Å²) in [6.45, 7) is 3.65. The molecule has 0 bridgehead atoms. The lowest BCUT2D eigenvalue weighted by Crippen LogP contribution is -2.38. The van der Waals surface area contributed by atoms with E-state index in [1.54, 1.807) is 61.5 Å². The summed E-state index contributed by atoms with van der Waals surface area (Å²) in [6.07, 6.45) is 0. The number of rotatable bonds is 9. The molecule has 0 heterocycles. The second kappa shape index (κ2) is 11.5. The molecule has 0 aliphatic rings. The SMILES string of the molecule is Cc1ccc(S(=O)(=O)N(CC(=O)Nc2ccc(OCc3ccccc3)cc2)c2cc(Cl)ccc2C)cc1. The van der Waals surface area contributed by atoms with Crippen LogP contribution >= 0.6 is 11.6 Å². The number of aryl methyl sites for hydroxylation is 2.